The van der Waals surface area contributed by atoms with Crippen LogP contribution in [0.5, 0.6) is 0 Å². The highest BCUT2D eigenvalue weighted by atomic mass is 16.5. The first kappa shape index (κ1) is 14.4. The maximum Gasteiger partial charge on any atom is 0.328 e. The maximum atomic E-state index is 11.3. The van der Waals surface area contributed by atoms with Gasteiger partial charge in [-0.2, -0.15) is 0 Å². The Labute approximate surface area is 94.3 Å². The summed E-state index contributed by atoms with van der Waals surface area (Å²) in [4.78, 5) is 32.6. The molecule has 0 aliphatic heterocycles. The van der Waals surface area contributed by atoms with E-state index in [1.165, 1.54) is 0 Å². The number of carbonyl (C=O) groups is 3. The molecule has 6 nitrogen and oxygen atoms in total. The number of hydrogen-bond donors (Lipinski definition) is 1. The third kappa shape index (κ3) is 6.00. The lowest BCUT2D eigenvalue weighted by Gasteiger charge is -2.13. The van der Waals surface area contributed by atoms with Crippen molar-refractivity contribution in [3.8, 4) is 0 Å². The van der Waals surface area contributed by atoms with Crippen LogP contribution in [0, 0.1) is 0 Å². The molecule has 16 heavy (non-hydrogen) atoms. The first-order valence-electron chi connectivity index (χ1n) is 5.17. The van der Waals surface area contributed by atoms with Gasteiger partial charge in [-0.25, -0.2) is 4.79 Å². The topological polar surface area (TPSA) is 81.7 Å². The summed E-state index contributed by atoms with van der Waals surface area (Å²) in [6, 6.07) is -0.790. The quantitative estimate of drug-likeness (QED) is 0.470. The Morgan fingerprint density at radius 2 is 1.88 bits per heavy atom. The van der Waals surface area contributed by atoms with Gasteiger partial charge in [0.15, 0.2) is 0 Å². The Hall–Kier alpha value is -1.59. The molecule has 1 N–H and O–H groups in total. The molecule has 0 heterocycles. The van der Waals surface area contributed by atoms with Gasteiger partial charge in [0, 0.05) is 6.42 Å². The Balaban J connectivity index is 4.07. The van der Waals surface area contributed by atoms with E-state index in [4.69, 9.17) is 9.47 Å². The third-order valence-electron chi connectivity index (χ3n) is 1.78. The van der Waals surface area contributed by atoms with Crippen molar-refractivity contribution >= 4 is 18.3 Å². The monoisotopic (exact) mass is 231 g/mol. The summed E-state index contributed by atoms with van der Waals surface area (Å²) in [5.74, 6) is -0.941. The van der Waals surface area contributed by atoms with Crippen LogP contribution in [-0.4, -0.2) is 37.6 Å². The van der Waals surface area contributed by atoms with Crippen LogP contribution in [0.15, 0.2) is 0 Å². The van der Waals surface area contributed by atoms with Gasteiger partial charge in [-0.3, -0.25) is 9.59 Å². The largest absolute Gasteiger partial charge is 0.466 e. The first-order valence-corrected chi connectivity index (χ1v) is 5.17. The molecule has 0 aliphatic carbocycles. The van der Waals surface area contributed by atoms with Crippen LogP contribution in [-0.2, 0) is 23.9 Å². The summed E-state index contributed by atoms with van der Waals surface area (Å²) in [5.41, 5.74) is 0. The van der Waals surface area contributed by atoms with Gasteiger partial charge in [-0.05, 0) is 20.3 Å². The van der Waals surface area contributed by atoms with Gasteiger partial charge >= 0.3 is 11.9 Å². The van der Waals surface area contributed by atoms with Gasteiger partial charge in [0.25, 0.3) is 0 Å². The second kappa shape index (κ2) is 8.70. The van der Waals surface area contributed by atoms with E-state index >= 15 is 0 Å². The van der Waals surface area contributed by atoms with Crippen molar-refractivity contribution in [2.45, 2.75) is 32.7 Å². The summed E-state index contributed by atoms with van der Waals surface area (Å²) in [7, 11) is 0. The molecule has 0 aromatic heterocycles. The molecule has 0 saturated heterocycles. The maximum absolute atomic E-state index is 11.3. The third-order valence-corrected chi connectivity index (χ3v) is 1.78. The average Bonchev–Trinajstić information content (AvgIpc) is 2.24. The van der Waals surface area contributed by atoms with Gasteiger partial charge in [0.1, 0.15) is 6.04 Å². The van der Waals surface area contributed by atoms with Crippen LogP contribution in [0.4, 0.5) is 0 Å². The number of amides is 1. The second-order valence-corrected chi connectivity index (χ2v) is 2.93. The fourth-order valence-electron chi connectivity index (χ4n) is 1.09. The molecule has 0 spiro atoms. The van der Waals surface area contributed by atoms with Gasteiger partial charge in [0.05, 0.1) is 13.2 Å². The zero-order chi connectivity index (χ0) is 12.4. The van der Waals surface area contributed by atoms with E-state index in [9.17, 15) is 14.4 Å². The minimum absolute atomic E-state index is 0.0676. The van der Waals surface area contributed by atoms with E-state index in [-0.39, 0.29) is 19.4 Å². The molecule has 1 unspecified atom stereocenters. The number of ether oxygens (including phenoxy) is 2. The summed E-state index contributed by atoms with van der Waals surface area (Å²) in [6.07, 6.45) is 0.654. The number of nitrogens with one attached hydrogen (secondary N) is 1. The van der Waals surface area contributed by atoms with Crippen molar-refractivity contribution in [1.82, 2.24) is 5.32 Å². The molecule has 0 aromatic carbocycles. The first-order chi connectivity index (χ1) is 7.65. The second-order valence-electron chi connectivity index (χ2n) is 2.93. The minimum atomic E-state index is -0.790. The minimum Gasteiger partial charge on any atom is -0.466 e. The van der Waals surface area contributed by atoms with Crippen LogP contribution in [0.3, 0.4) is 0 Å². The molecule has 1 atom stereocenters. The molecule has 0 radical (unpaired) electrons. The summed E-state index contributed by atoms with van der Waals surface area (Å²) in [5, 5.41) is 2.30. The normalized spacial score (nSPS) is 11.4. The smallest absolute Gasteiger partial charge is 0.328 e. The molecular formula is C10H17NO5. The van der Waals surface area contributed by atoms with E-state index in [0.717, 1.165) is 0 Å². The fourth-order valence-corrected chi connectivity index (χ4v) is 1.09. The molecule has 0 aliphatic rings. The van der Waals surface area contributed by atoms with Crippen LogP contribution >= 0.6 is 0 Å². The molecule has 1 amide bonds. The molecule has 92 valence electrons. The summed E-state index contributed by atoms with van der Waals surface area (Å²) < 4.78 is 9.44. The molecule has 0 bridgehead atoms. The van der Waals surface area contributed by atoms with E-state index in [1.807, 2.05) is 0 Å². The van der Waals surface area contributed by atoms with Crippen LogP contribution in [0.25, 0.3) is 0 Å². The zero-order valence-electron chi connectivity index (χ0n) is 9.52. The lowest BCUT2D eigenvalue weighted by molar-refractivity contribution is -0.147. The number of rotatable bonds is 8. The van der Waals surface area contributed by atoms with Crippen molar-refractivity contribution in [2.24, 2.45) is 0 Å². The SMILES string of the molecule is CCOC(=O)CCC(NC=O)C(=O)OCC. The summed E-state index contributed by atoms with van der Waals surface area (Å²) >= 11 is 0. The van der Waals surface area contributed by atoms with Crippen molar-refractivity contribution in [1.29, 1.82) is 0 Å². The van der Waals surface area contributed by atoms with E-state index in [0.29, 0.717) is 13.0 Å². The van der Waals surface area contributed by atoms with Crippen LogP contribution in [0.1, 0.15) is 26.7 Å². The van der Waals surface area contributed by atoms with Crippen LogP contribution in [0.2, 0.25) is 0 Å². The van der Waals surface area contributed by atoms with Gasteiger partial charge < -0.3 is 14.8 Å². The van der Waals surface area contributed by atoms with Crippen LogP contribution < -0.4 is 5.32 Å². The van der Waals surface area contributed by atoms with Crippen molar-refractivity contribution in [3.05, 3.63) is 0 Å². The average molecular weight is 231 g/mol. The van der Waals surface area contributed by atoms with Gasteiger partial charge in [-0.1, -0.05) is 0 Å². The van der Waals surface area contributed by atoms with E-state index < -0.39 is 18.0 Å². The zero-order valence-corrected chi connectivity index (χ0v) is 9.52. The number of carbonyl (C=O) groups excluding carboxylic acids is 3. The Morgan fingerprint density at radius 1 is 1.25 bits per heavy atom. The van der Waals surface area contributed by atoms with Crippen molar-refractivity contribution in [3.63, 3.8) is 0 Å². The summed E-state index contributed by atoms with van der Waals surface area (Å²) in [6.45, 7) is 3.89. The Bertz CT molecular complexity index is 241. The highest BCUT2D eigenvalue weighted by Crippen LogP contribution is 2.01. The van der Waals surface area contributed by atoms with Crippen molar-refractivity contribution in [2.75, 3.05) is 13.2 Å². The lowest BCUT2D eigenvalue weighted by atomic mass is 10.1. The highest BCUT2D eigenvalue weighted by Gasteiger charge is 2.20. The molecule has 0 saturated carbocycles. The Kier molecular flexibility index (Phi) is 7.83. The van der Waals surface area contributed by atoms with Gasteiger partial charge in [-0.15, -0.1) is 0 Å². The van der Waals surface area contributed by atoms with E-state index in [2.05, 4.69) is 5.32 Å². The molecule has 0 fully saturated rings. The number of esters is 2. The number of hydrogen-bond acceptors (Lipinski definition) is 5. The standard InChI is InChI=1S/C10H17NO5/c1-3-15-9(13)6-5-8(11-7-12)10(14)16-4-2/h7-8H,3-6H2,1-2H3,(H,11,12). The fraction of sp³-hybridized carbons (Fsp3) is 0.700. The lowest BCUT2D eigenvalue weighted by Crippen LogP contribution is -2.37. The van der Waals surface area contributed by atoms with Crippen molar-refractivity contribution < 1.29 is 23.9 Å². The predicted octanol–water partition coefficient (Wildman–Crippen LogP) is 0.00740. The predicted molar refractivity (Wildman–Crippen MR) is 55.5 cm³/mol. The molecule has 6 heteroatoms. The molecular weight excluding hydrogens is 214 g/mol. The Morgan fingerprint density at radius 3 is 2.38 bits per heavy atom. The highest BCUT2D eigenvalue weighted by molar-refractivity contribution is 5.79. The van der Waals surface area contributed by atoms with E-state index in [1.54, 1.807) is 13.8 Å². The molecule has 0 rings (SSSR count). The van der Waals surface area contributed by atoms with Gasteiger partial charge in [0.2, 0.25) is 6.41 Å². The molecule has 0 aromatic rings.